The molecule has 0 atom stereocenters. The molecule has 0 saturated heterocycles. The van der Waals surface area contributed by atoms with Gasteiger partial charge < -0.3 is 5.11 Å². The molecular weight excluding hydrogens is 245 g/mol. The first-order chi connectivity index (χ1) is 9.06. The van der Waals surface area contributed by atoms with E-state index in [0.29, 0.717) is 16.8 Å². The van der Waals surface area contributed by atoms with Gasteiger partial charge in [-0.25, -0.2) is 4.39 Å². The van der Waals surface area contributed by atoms with E-state index in [1.807, 2.05) is 0 Å². The molecule has 0 radical (unpaired) electrons. The first kappa shape index (κ1) is 13.0. The van der Waals surface area contributed by atoms with Gasteiger partial charge in [0.1, 0.15) is 11.6 Å². The van der Waals surface area contributed by atoms with Crippen molar-refractivity contribution in [3.05, 3.63) is 59.4 Å². The van der Waals surface area contributed by atoms with E-state index in [2.05, 4.69) is 4.99 Å². The predicted octanol–water partition coefficient (Wildman–Crippen LogP) is 3.48. The smallest absolute Gasteiger partial charge is 0.159 e. The van der Waals surface area contributed by atoms with E-state index in [0.717, 1.165) is 6.07 Å². The molecular formula is C15H12FNO2. The fraction of sp³-hybridized carbons (Fsp3) is 0.0667. The second-order valence-corrected chi connectivity index (χ2v) is 4.07. The number of phenols is 1. The van der Waals surface area contributed by atoms with Crippen molar-refractivity contribution in [2.24, 2.45) is 4.99 Å². The van der Waals surface area contributed by atoms with Crippen molar-refractivity contribution in [2.45, 2.75) is 6.92 Å². The molecule has 4 heteroatoms. The number of hydrogen-bond acceptors (Lipinski definition) is 3. The first-order valence-electron chi connectivity index (χ1n) is 5.70. The van der Waals surface area contributed by atoms with Crippen LogP contribution in [-0.4, -0.2) is 17.1 Å². The number of halogens is 1. The molecule has 0 amide bonds. The number of Topliss-reactive ketones (excluding diaryl/α,β-unsaturated/α-hetero) is 1. The minimum Gasteiger partial charge on any atom is -0.507 e. The van der Waals surface area contributed by atoms with E-state index in [9.17, 15) is 14.3 Å². The summed E-state index contributed by atoms with van der Waals surface area (Å²) in [7, 11) is 0. The van der Waals surface area contributed by atoms with Crippen LogP contribution in [0.4, 0.5) is 10.1 Å². The fourth-order valence-corrected chi connectivity index (χ4v) is 1.58. The Labute approximate surface area is 110 Å². The van der Waals surface area contributed by atoms with Crippen molar-refractivity contribution in [1.82, 2.24) is 0 Å². The maximum absolute atomic E-state index is 12.8. The maximum Gasteiger partial charge on any atom is 0.159 e. The highest BCUT2D eigenvalue weighted by Gasteiger charge is 2.01. The predicted molar refractivity (Wildman–Crippen MR) is 71.8 cm³/mol. The van der Waals surface area contributed by atoms with Gasteiger partial charge in [0.05, 0.1) is 5.69 Å². The van der Waals surface area contributed by atoms with Crippen molar-refractivity contribution in [3.8, 4) is 5.75 Å². The molecule has 19 heavy (non-hydrogen) atoms. The Bertz CT molecular complexity index is 650. The standard InChI is InChI=1S/C15H12FNO2/c1-10(18)11-3-2-4-14(7-11)17-9-12-5-6-13(16)8-15(12)19/h2-9,19H,1H3. The summed E-state index contributed by atoms with van der Waals surface area (Å²) in [4.78, 5) is 15.4. The third-order valence-corrected chi connectivity index (χ3v) is 2.60. The maximum atomic E-state index is 12.8. The lowest BCUT2D eigenvalue weighted by Gasteiger charge is -1.99. The van der Waals surface area contributed by atoms with Crippen molar-refractivity contribution >= 4 is 17.7 Å². The van der Waals surface area contributed by atoms with Crippen LogP contribution in [0, 0.1) is 5.82 Å². The molecule has 0 spiro atoms. The number of carbonyl (C=O) groups excluding carboxylic acids is 1. The topological polar surface area (TPSA) is 49.7 Å². The van der Waals surface area contributed by atoms with Gasteiger partial charge in [0.2, 0.25) is 0 Å². The number of aliphatic imine (C=N–C) groups is 1. The molecule has 1 N–H and O–H groups in total. The molecule has 0 aliphatic heterocycles. The van der Waals surface area contributed by atoms with Gasteiger partial charge in [0.25, 0.3) is 0 Å². The number of phenolic OH excluding ortho intramolecular Hbond substituents is 1. The normalized spacial score (nSPS) is 10.8. The summed E-state index contributed by atoms with van der Waals surface area (Å²) in [6.07, 6.45) is 1.42. The van der Waals surface area contributed by atoms with Crippen LogP contribution in [0.15, 0.2) is 47.5 Å². The van der Waals surface area contributed by atoms with Gasteiger partial charge in [-0.3, -0.25) is 9.79 Å². The second-order valence-electron chi connectivity index (χ2n) is 4.07. The molecule has 0 heterocycles. The van der Waals surface area contributed by atoms with Gasteiger partial charge in [-0.05, 0) is 31.2 Å². The number of benzene rings is 2. The zero-order valence-electron chi connectivity index (χ0n) is 10.3. The van der Waals surface area contributed by atoms with E-state index in [1.54, 1.807) is 24.3 Å². The van der Waals surface area contributed by atoms with Crippen LogP contribution >= 0.6 is 0 Å². The van der Waals surface area contributed by atoms with Gasteiger partial charge >= 0.3 is 0 Å². The summed E-state index contributed by atoms with van der Waals surface area (Å²) >= 11 is 0. The highest BCUT2D eigenvalue weighted by molar-refractivity contribution is 5.95. The van der Waals surface area contributed by atoms with E-state index in [1.165, 1.54) is 25.3 Å². The van der Waals surface area contributed by atoms with E-state index in [4.69, 9.17) is 0 Å². The van der Waals surface area contributed by atoms with Crippen LogP contribution in [0.3, 0.4) is 0 Å². The van der Waals surface area contributed by atoms with Crippen LogP contribution in [0.5, 0.6) is 5.75 Å². The molecule has 96 valence electrons. The molecule has 3 nitrogen and oxygen atoms in total. The SMILES string of the molecule is CC(=O)c1cccc(N=Cc2ccc(F)cc2O)c1. The summed E-state index contributed by atoms with van der Waals surface area (Å²) in [5.74, 6) is -0.721. The Morgan fingerprint density at radius 2 is 2.05 bits per heavy atom. The molecule has 2 aromatic carbocycles. The van der Waals surface area contributed by atoms with Gasteiger partial charge in [0, 0.05) is 23.4 Å². The molecule has 0 saturated carbocycles. The molecule has 0 aliphatic carbocycles. The average molecular weight is 257 g/mol. The Hall–Kier alpha value is -2.49. The molecule has 0 aliphatic rings. The largest absolute Gasteiger partial charge is 0.507 e. The molecule has 0 fully saturated rings. The number of hydrogen-bond donors (Lipinski definition) is 1. The third kappa shape index (κ3) is 3.25. The number of rotatable bonds is 3. The number of nitrogens with zero attached hydrogens (tertiary/aromatic N) is 1. The summed E-state index contributed by atoms with van der Waals surface area (Å²) in [5.41, 5.74) is 1.57. The zero-order valence-corrected chi connectivity index (χ0v) is 10.3. The molecule has 2 aromatic rings. The molecule has 0 unspecified atom stereocenters. The molecule has 0 bridgehead atoms. The van der Waals surface area contributed by atoms with Crippen LogP contribution in [0.25, 0.3) is 0 Å². The van der Waals surface area contributed by atoms with Gasteiger partial charge in [-0.2, -0.15) is 0 Å². The second kappa shape index (κ2) is 5.44. The highest BCUT2D eigenvalue weighted by atomic mass is 19.1. The fourth-order valence-electron chi connectivity index (χ4n) is 1.58. The Morgan fingerprint density at radius 3 is 2.74 bits per heavy atom. The molecule has 2 rings (SSSR count). The Kier molecular flexibility index (Phi) is 3.71. The highest BCUT2D eigenvalue weighted by Crippen LogP contribution is 2.19. The minimum atomic E-state index is -0.506. The van der Waals surface area contributed by atoms with Gasteiger partial charge in [0.15, 0.2) is 5.78 Å². The summed E-state index contributed by atoms with van der Waals surface area (Å²) in [5, 5.41) is 9.53. The monoisotopic (exact) mass is 257 g/mol. The van der Waals surface area contributed by atoms with Crippen molar-refractivity contribution < 1.29 is 14.3 Å². The lowest BCUT2D eigenvalue weighted by molar-refractivity contribution is 0.101. The Balaban J connectivity index is 2.27. The Morgan fingerprint density at radius 1 is 1.26 bits per heavy atom. The third-order valence-electron chi connectivity index (χ3n) is 2.60. The van der Waals surface area contributed by atoms with Crippen LogP contribution < -0.4 is 0 Å². The van der Waals surface area contributed by atoms with Gasteiger partial charge in [-0.15, -0.1) is 0 Å². The summed E-state index contributed by atoms with van der Waals surface area (Å²) < 4.78 is 12.8. The van der Waals surface area contributed by atoms with E-state index < -0.39 is 5.82 Å². The van der Waals surface area contributed by atoms with Crippen LogP contribution in [0.1, 0.15) is 22.8 Å². The van der Waals surface area contributed by atoms with Crippen molar-refractivity contribution in [3.63, 3.8) is 0 Å². The van der Waals surface area contributed by atoms with Crippen LogP contribution in [-0.2, 0) is 0 Å². The number of aromatic hydroxyl groups is 1. The number of ketones is 1. The van der Waals surface area contributed by atoms with E-state index >= 15 is 0 Å². The molecule has 0 aromatic heterocycles. The number of carbonyl (C=O) groups is 1. The lowest BCUT2D eigenvalue weighted by Crippen LogP contribution is -1.90. The minimum absolute atomic E-state index is 0.0401. The van der Waals surface area contributed by atoms with Crippen molar-refractivity contribution in [1.29, 1.82) is 0 Å². The first-order valence-corrected chi connectivity index (χ1v) is 5.70. The average Bonchev–Trinajstić information content (AvgIpc) is 2.38. The summed E-state index contributed by atoms with van der Waals surface area (Å²) in [6, 6.07) is 10.5. The lowest BCUT2D eigenvalue weighted by atomic mass is 10.1. The van der Waals surface area contributed by atoms with Gasteiger partial charge in [-0.1, -0.05) is 12.1 Å². The quantitative estimate of drug-likeness (QED) is 0.676. The zero-order chi connectivity index (χ0) is 13.8. The van der Waals surface area contributed by atoms with E-state index in [-0.39, 0.29) is 11.5 Å². The van der Waals surface area contributed by atoms with Crippen molar-refractivity contribution in [2.75, 3.05) is 0 Å². The van der Waals surface area contributed by atoms with Crippen LogP contribution in [0.2, 0.25) is 0 Å². The summed E-state index contributed by atoms with van der Waals surface area (Å²) in [6.45, 7) is 1.48.